The van der Waals surface area contributed by atoms with Gasteiger partial charge in [0, 0.05) is 12.8 Å². The normalized spacial score (nSPS) is 38.8. The number of carboxylic acid groups (broad SMARTS) is 1. The van der Waals surface area contributed by atoms with Gasteiger partial charge in [-0.05, 0) is 138 Å². The third-order valence-electron chi connectivity index (χ3n) is 11.9. The monoisotopic (exact) mass is 561 g/mol. The molecule has 0 radical (unpaired) electrons. The van der Waals surface area contributed by atoms with Crippen LogP contribution in [0.1, 0.15) is 125 Å². The molecule has 0 spiro atoms. The minimum Gasteiger partial charge on any atom is -0.480 e. The molecule has 0 saturated heterocycles. The molecule has 0 aromatic rings. The van der Waals surface area contributed by atoms with E-state index in [2.05, 4.69) is 20.8 Å². The lowest BCUT2D eigenvalue weighted by Gasteiger charge is -2.61. The van der Waals surface area contributed by atoms with Crippen molar-refractivity contribution in [2.75, 3.05) is 0 Å². The van der Waals surface area contributed by atoms with Crippen LogP contribution in [0.5, 0.6) is 0 Å². The van der Waals surface area contributed by atoms with E-state index in [4.69, 9.17) is 20.3 Å². The second-order valence-corrected chi connectivity index (χ2v) is 15.4. The van der Waals surface area contributed by atoms with Crippen molar-refractivity contribution in [3.8, 4) is 0 Å². The zero-order valence-corrected chi connectivity index (χ0v) is 25.9. The maximum atomic E-state index is 12.4. The van der Waals surface area contributed by atoms with E-state index in [0.29, 0.717) is 35.0 Å². The fourth-order valence-electron chi connectivity index (χ4n) is 9.88. The summed E-state index contributed by atoms with van der Waals surface area (Å²) in [5, 5.41) is 8.97. The Labute approximate surface area is 241 Å². The van der Waals surface area contributed by atoms with Crippen LogP contribution in [0.3, 0.4) is 0 Å². The van der Waals surface area contributed by atoms with Crippen LogP contribution in [-0.4, -0.2) is 40.8 Å². The molecule has 4 fully saturated rings. The molecule has 0 aliphatic heterocycles. The summed E-state index contributed by atoms with van der Waals surface area (Å²) in [6, 6.07) is -1.02. The van der Waals surface area contributed by atoms with Gasteiger partial charge in [-0.2, -0.15) is 0 Å². The van der Waals surface area contributed by atoms with E-state index in [-0.39, 0.29) is 30.9 Å². The first-order valence-corrected chi connectivity index (χ1v) is 16.0. The smallest absolute Gasteiger partial charge is 0.320 e. The summed E-state index contributed by atoms with van der Waals surface area (Å²) in [5.74, 6) is 2.61. The SMILES string of the molecule is C[C@H](CCC(=O)OC(C)(C)C)[C@H]1CC[C@H]2[C@@H]3CC[C@@H]4C[C@H](OC(=O)CC[C@H](N)C(=O)O)CC[C@]4(C)[C@H]3CC[C@]12C. The lowest BCUT2D eigenvalue weighted by molar-refractivity contribution is -0.163. The van der Waals surface area contributed by atoms with Crippen molar-refractivity contribution in [1.29, 1.82) is 0 Å². The topological polar surface area (TPSA) is 116 Å². The van der Waals surface area contributed by atoms with Gasteiger partial charge < -0.3 is 20.3 Å². The third kappa shape index (κ3) is 6.55. The number of carbonyl (C=O) groups is 3. The van der Waals surface area contributed by atoms with Crippen LogP contribution in [0.2, 0.25) is 0 Å². The van der Waals surface area contributed by atoms with Crippen molar-refractivity contribution in [3.05, 3.63) is 0 Å². The average molecular weight is 562 g/mol. The van der Waals surface area contributed by atoms with Gasteiger partial charge in [-0.25, -0.2) is 0 Å². The van der Waals surface area contributed by atoms with E-state index in [1.165, 1.54) is 38.5 Å². The van der Waals surface area contributed by atoms with E-state index < -0.39 is 17.6 Å². The summed E-state index contributed by atoms with van der Waals surface area (Å²) in [7, 11) is 0. The van der Waals surface area contributed by atoms with E-state index in [9.17, 15) is 14.4 Å². The highest BCUT2D eigenvalue weighted by molar-refractivity contribution is 5.75. The van der Waals surface area contributed by atoms with Crippen molar-refractivity contribution in [3.63, 3.8) is 0 Å². The molecule has 3 N–H and O–H groups in total. The molecular formula is C33H55NO6. The molecule has 0 aromatic carbocycles. The largest absolute Gasteiger partial charge is 0.480 e. The summed E-state index contributed by atoms with van der Waals surface area (Å²) in [6.07, 6.45) is 12.1. The van der Waals surface area contributed by atoms with Gasteiger partial charge in [-0.3, -0.25) is 14.4 Å². The van der Waals surface area contributed by atoms with Gasteiger partial charge in [0.15, 0.2) is 0 Å². The number of rotatable bonds is 9. The first kappa shape index (κ1) is 31.3. The number of fused-ring (bicyclic) bond motifs is 5. The molecular weight excluding hydrogens is 506 g/mol. The molecule has 4 aliphatic rings. The van der Waals surface area contributed by atoms with Crippen molar-refractivity contribution >= 4 is 17.9 Å². The van der Waals surface area contributed by atoms with Crippen LogP contribution in [0.15, 0.2) is 0 Å². The second kappa shape index (κ2) is 11.9. The number of carbonyl (C=O) groups excluding carboxylic acids is 2. The number of nitrogens with two attached hydrogens (primary N) is 1. The first-order chi connectivity index (χ1) is 18.6. The molecule has 4 saturated carbocycles. The third-order valence-corrected chi connectivity index (χ3v) is 11.9. The number of esters is 2. The fourth-order valence-corrected chi connectivity index (χ4v) is 9.88. The molecule has 40 heavy (non-hydrogen) atoms. The molecule has 4 rings (SSSR count). The summed E-state index contributed by atoms with van der Waals surface area (Å²) < 4.78 is 11.4. The molecule has 7 nitrogen and oxygen atoms in total. The van der Waals surface area contributed by atoms with Gasteiger partial charge in [0.1, 0.15) is 17.7 Å². The second-order valence-electron chi connectivity index (χ2n) is 15.4. The number of aliphatic carboxylic acids is 1. The molecule has 228 valence electrons. The predicted octanol–water partition coefficient (Wildman–Crippen LogP) is 6.51. The van der Waals surface area contributed by atoms with Crippen molar-refractivity contribution in [1.82, 2.24) is 0 Å². The lowest BCUT2D eigenvalue weighted by Crippen LogP contribution is -2.54. The Kier molecular flexibility index (Phi) is 9.34. The van der Waals surface area contributed by atoms with E-state index in [1.807, 2.05) is 20.8 Å². The van der Waals surface area contributed by atoms with E-state index >= 15 is 0 Å². The quantitative estimate of drug-likeness (QED) is 0.308. The molecule has 0 bridgehead atoms. The van der Waals surface area contributed by atoms with Crippen LogP contribution in [0.25, 0.3) is 0 Å². The summed E-state index contributed by atoms with van der Waals surface area (Å²) in [4.78, 5) is 35.7. The first-order valence-electron chi connectivity index (χ1n) is 16.0. The molecule has 0 amide bonds. The minimum absolute atomic E-state index is 0.0567. The lowest BCUT2D eigenvalue weighted by atomic mass is 9.44. The van der Waals surface area contributed by atoms with Crippen molar-refractivity contribution in [2.45, 2.75) is 143 Å². The van der Waals surface area contributed by atoms with Crippen LogP contribution in [0.4, 0.5) is 0 Å². The van der Waals surface area contributed by atoms with E-state index in [1.54, 1.807) is 0 Å². The van der Waals surface area contributed by atoms with Crippen LogP contribution in [-0.2, 0) is 23.9 Å². The molecule has 0 aromatic heterocycles. The Bertz CT molecular complexity index is 944. The molecule has 0 heterocycles. The van der Waals surface area contributed by atoms with Crippen molar-refractivity contribution in [2.24, 2.45) is 52.1 Å². The fraction of sp³-hybridized carbons (Fsp3) is 0.909. The Morgan fingerprint density at radius 3 is 2.23 bits per heavy atom. The highest BCUT2D eigenvalue weighted by atomic mass is 16.6. The molecule has 7 heteroatoms. The number of ether oxygens (including phenoxy) is 2. The van der Waals surface area contributed by atoms with Crippen LogP contribution >= 0.6 is 0 Å². The highest BCUT2D eigenvalue weighted by Gasteiger charge is 2.60. The summed E-state index contributed by atoms with van der Waals surface area (Å²) >= 11 is 0. The van der Waals surface area contributed by atoms with Crippen LogP contribution < -0.4 is 5.73 Å². The summed E-state index contributed by atoms with van der Waals surface area (Å²) in [6.45, 7) is 13.3. The minimum atomic E-state index is -1.08. The Hall–Kier alpha value is -1.63. The molecule has 4 aliphatic carbocycles. The predicted molar refractivity (Wildman–Crippen MR) is 154 cm³/mol. The summed E-state index contributed by atoms with van der Waals surface area (Å²) in [5.41, 5.74) is 5.80. The Balaban J connectivity index is 1.33. The van der Waals surface area contributed by atoms with Gasteiger partial charge in [0.2, 0.25) is 0 Å². The number of hydrogen-bond donors (Lipinski definition) is 2. The number of carboxylic acids is 1. The van der Waals surface area contributed by atoms with Gasteiger partial charge in [-0.15, -0.1) is 0 Å². The average Bonchev–Trinajstić information content (AvgIpc) is 3.22. The highest BCUT2D eigenvalue weighted by Crippen LogP contribution is 2.68. The van der Waals surface area contributed by atoms with Gasteiger partial charge in [-0.1, -0.05) is 20.8 Å². The standard InChI is InChI=1S/C33H55NO6/c1-20(7-13-29(36)40-31(2,3)4)24-10-11-25-23-9-8-21-19-22(39-28(35)14-12-27(34)30(37)38)15-17-32(21,5)26(23)16-18-33(24,25)6/h20-27H,7-19,34H2,1-6H3,(H,37,38)/t20-,21-,22-,23+,24-,25+,26+,27+,32+,33-/m1/s1. The zero-order valence-electron chi connectivity index (χ0n) is 25.9. The van der Waals surface area contributed by atoms with Gasteiger partial charge in [0.05, 0.1) is 0 Å². The van der Waals surface area contributed by atoms with Crippen LogP contribution in [0, 0.1) is 46.3 Å². The van der Waals surface area contributed by atoms with Crippen molar-refractivity contribution < 1.29 is 29.0 Å². The zero-order chi connectivity index (χ0) is 29.5. The van der Waals surface area contributed by atoms with E-state index in [0.717, 1.165) is 43.4 Å². The maximum Gasteiger partial charge on any atom is 0.320 e. The Morgan fingerprint density at radius 1 is 0.900 bits per heavy atom. The maximum absolute atomic E-state index is 12.4. The van der Waals surface area contributed by atoms with Gasteiger partial charge in [0.25, 0.3) is 0 Å². The Morgan fingerprint density at radius 2 is 1.55 bits per heavy atom. The van der Waals surface area contributed by atoms with Gasteiger partial charge >= 0.3 is 17.9 Å². The molecule has 10 atom stereocenters. The number of hydrogen-bond acceptors (Lipinski definition) is 6. The molecule has 0 unspecified atom stereocenters.